The number of alkyl carbamates (subject to hydrolysis) is 1. The van der Waals surface area contributed by atoms with Crippen LogP contribution in [0.15, 0.2) is 48.5 Å². The Morgan fingerprint density at radius 2 is 0.660 bits per heavy atom. The van der Waals surface area contributed by atoms with E-state index in [1.54, 1.807) is 0 Å². The van der Waals surface area contributed by atoms with E-state index in [-0.39, 0.29) is 97.3 Å². The maximum Gasteiger partial charge on any atom is 0.407 e. The highest BCUT2D eigenvalue weighted by molar-refractivity contribution is 5.80. The van der Waals surface area contributed by atoms with Crippen LogP contribution in [0.2, 0.25) is 0 Å². The van der Waals surface area contributed by atoms with E-state index in [9.17, 15) is 83.4 Å². The summed E-state index contributed by atoms with van der Waals surface area (Å²) in [7, 11) is 0. The van der Waals surface area contributed by atoms with E-state index in [0.29, 0.717) is 32.2 Å². The number of fused-ring (bicyclic) bond motifs is 3. The third-order valence-electron chi connectivity index (χ3n) is 13.9. The first kappa shape index (κ1) is 80.3. The molecule has 0 unspecified atom stereocenters. The molecule has 0 atom stereocenters. The number of unbranched alkanes of at least 4 members (excludes halogenated alkanes) is 3. The highest BCUT2D eigenvalue weighted by atomic mass is 16.6. The number of benzene rings is 2. The second kappa shape index (κ2) is 45.4. The molecule has 0 saturated heterocycles. The molecule has 1 aliphatic rings. The van der Waals surface area contributed by atoms with Crippen molar-refractivity contribution in [3.63, 3.8) is 0 Å². The molecule has 5 amide bonds. The van der Waals surface area contributed by atoms with E-state index in [1.165, 1.54) is 6.92 Å². The second-order valence-corrected chi connectivity index (χ2v) is 22.3. The molecule has 0 bridgehead atoms. The Morgan fingerprint density at radius 1 is 0.372 bits per heavy atom. The van der Waals surface area contributed by atoms with Crippen molar-refractivity contribution in [2.24, 2.45) is 0 Å². The zero-order valence-corrected chi connectivity index (χ0v) is 53.0. The Morgan fingerprint density at radius 3 is 0.979 bits per heavy atom. The number of amides is 5. The van der Waals surface area contributed by atoms with Crippen LogP contribution in [0.3, 0.4) is 0 Å². The summed E-state index contributed by atoms with van der Waals surface area (Å²) in [4.78, 5) is 134. The molecule has 0 saturated carbocycles. The lowest BCUT2D eigenvalue weighted by Crippen LogP contribution is -2.61. The monoisotopic (exact) mass is 1340 g/mol. The summed E-state index contributed by atoms with van der Waals surface area (Å²) in [5, 5.41) is 69.0. The lowest BCUT2D eigenvalue weighted by molar-refractivity contribution is -0.142. The summed E-state index contributed by atoms with van der Waals surface area (Å²) in [5.74, 6) is -8.91. The molecule has 0 aromatic heterocycles. The smallest absolute Gasteiger partial charge is 0.407 e. The molecule has 32 nitrogen and oxygen atoms in total. The predicted octanol–water partition coefficient (Wildman–Crippen LogP) is 2.59. The molecule has 0 fully saturated rings. The van der Waals surface area contributed by atoms with E-state index < -0.39 is 181 Å². The van der Waals surface area contributed by atoms with Gasteiger partial charge in [-0.25, -0.2) is 9.59 Å². The van der Waals surface area contributed by atoms with E-state index in [2.05, 4.69) is 26.6 Å². The number of ketones is 1. The average Bonchev–Trinajstić information content (AvgIpc) is 1.62. The number of aliphatic carboxylic acids is 6. The summed E-state index contributed by atoms with van der Waals surface area (Å²) in [6.45, 7) is -4.62. The molecule has 2 aromatic rings. The molecule has 94 heavy (non-hydrogen) atoms. The Balaban J connectivity index is 1.79. The third kappa shape index (κ3) is 34.8. The van der Waals surface area contributed by atoms with Gasteiger partial charge in [0.05, 0.1) is 157 Å². The fraction of sp³-hybridized carbons (Fsp3) is 0.629. The second-order valence-electron chi connectivity index (χ2n) is 22.3. The Hall–Kier alpha value is -7.95. The predicted molar refractivity (Wildman–Crippen MR) is 328 cm³/mol. The normalized spacial score (nSPS) is 12.1. The van der Waals surface area contributed by atoms with E-state index in [1.807, 2.05) is 48.5 Å². The van der Waals surface area contributed by atoms with Gasteiger partial charge in [0.1, 0.15) is 29.0 Å². The van der Waals surface area contributed by atoms with Crippen molar-refractivity contribution < 1.29 is 131 Å². The molecular formula is C62H91N5O27. The zero-order chi connectivity index (χ0) is 69.0. The van der Waals surface area contributed by atoms with Gasteiger partial charge in [-0.2, -0.15) is 0 Å². The fourth-order valence-electron chi connectivity index (χ4n) is 9.26. The number of carboxylic acids is 6. The standard InChI is InChI=1S/C62H91N5O27/c1-44(68)14-25-85-41-62(42-86-26-15-50(69)65-60(35-88-28-17-52(71)72,36-89-29-18-53(73)74)37-90-30-19-54(75)76,43-87-27-16-51(70)66-61(38-91-31-20-55(77)78,39-92-32-21-56(79)80)40-93-33-22-57(81)82)67-58(83)63-23-8-2-3-9-24-64-59(84)94-34-49-47-12-6-4-10-45(47)46-11-5-7-13-48(46)49/h4-7,10-13,49H,2-3,8-9,14-43H2,1H3,(H,64,84)(H,65,69)(H,66,70)(H,71,72)(H,73,74)(H,75,76)(H,77,78)(H,79,80)(H,81,82)(H2,63,67,83). The number of hydrogen-bond donors (Lipinski definition) is 11. The van der Waals surface area contributed by atoms with Gasteiger partial charge in [0.15, 0.2) is 0 Å². The SMILES string of the molecule is CC(=O)CCOCC(COCCC(=O)NC(COCCC(=O)O)(COCCC(=O)O)COCCC(=O)O)(COCCC(=O)NC(COCCC(=O)O)(COCCC(=O)O)COCCC(=O)O)NC(=O)NCCCCCCNC(=O)OCC1c2ccccc2-c2ccccc21. The number of ether oxygens (including phenoxy) is 10. The number of nitrogens with one attached hydrogen (secondary N) is 5. The van der Waals surface area contributed by atoms with Gasteiger partial charge in [-0.3, -0.25) is 43.2 Å². The molecule has 2 aromatic carbocycles. The number of Topliss-reactive ketones (excluding diaryl/α,β-unsaturated/α-hetero) is 1. The Labute approximate surface area is 543 Å². The minimum Gasteiger partial charge on any atom is -0.481 e. The van der Waals surface area contributed by atoms with E-state index in [0.717, 1.165) is 22.3 Å². The number of hydrogen-bond acceptors (Lipinski definition) is 21. The van der Waals surface area contributed by atoms with Crippen molar-refractivity contribution in [2.45, 2.75) is 113 Å². The summed E-state index contributed by atoms with van der Waals surface area (Å²) >= 11 is 0. The molecule has 1 aliphatic carbocycles. The number of carboxylic acid groups (broad SMARTS) is 6. The number of carbonyl (C=O) groups is 11. The van der Waals surface area contributed by atoms with Gasteiger partial charge in [-0.05, 0) is 42.0 Å². The Bertz CT molecular complexity index is 2460. The van der Waals surface area contributed by atoms with Gasteiger partial charge >= 0.3 is 47.9 Å². The zero-order valence-electron chi connectivity index (χ0n) is 53.0. The van der Waals surface area contributed by atoms with Crippen molar-refractivity contribution in [2.75, 3.05) is 139 Å². The topological polar surface area (TPSA) is 462 Å². The maximum absolute atomic E-state index is 13.9. The molecule has 3 rings (SSSR count). The molecule has 11 N–H and O–H groups in total. The van der Waals surface area contributed by atoms with Crippen molar-refractivity contribution in [3.8, 4) is 11.1 Å². The van der Waals surface area contributed by atoms with Crippen LogP contribution < -0.4 is 26.6 Å². The lowest BCUT2D eigenvalue weighted by atomic mass is 9.98. The number of carbonyl (C=O) groups excluding carboxylic acids is 5. The van der Waals surface area contributed by atoms with Crippen LogP contribution in [-0.4, -0.2) is 251 Å². The molecule has 0 radical (unpaired) electrons. The van der Waals surface area contributed by atoms with Crippen molar-refractivity contribution >= 4 is 65.5 Å². The maximum atomic E-state index is 13.9. The molecular weight excluding hydrogens is 1250 g/mol. The molecule has 32 heteroatoms. The highest BCUT2D eigenvalue weighted by Gasteiger charge is 2.38. The van der Waals surface area contributed by atoms with Crippen molar-refractivity contribution in [1.82, 2.24) is 26.6 Å². The first-order valence-corrected chi connectivity index (χ1v) is 30.7. The molecule has 0 aliphatic heterocycles. The van der Waals surface area contributed by atoms with Crippen molar-refractivity contribution in [3.05, 3.63) is 59.7 Å². The van der Waals surface area contributed by atoms with Crippen LogP contribution in [0, 0.1) is 0 Å². The van der Waals surface area contributed by atoms with Crippen LogP contribution in [0.1, 0.15) is 107 Å². The van der Waals surface area contributed by atoms with Gasteiger partial charge in [-0.1, -0.05) is 61.4 Å². The van der Waals surface area contributed by atoms with Crippen LogP contribution in [0.5, 0.6) is 0 Å². The van der Waals surface area contributed by atoms with Gasteiger partial charge in [-0.15, -0.1) is 0 Å². The molecule has 0 heterocycles. The van der Waals surface area contributed by atoms with Gasteiger partial charge < -0.3 is 105 Å². The van der Waals surface area contributed by atoms with Gasteiger partial charge in [0.25, 0.3) is 0 Å². The highest BCUT2D eigenvalue weighted by Crippen LogP contribution is 2.44. The van der Waals surface area contributed by atoms with Crippen LogP contribution in [0.25, 0.3) is 11.1 Å². The van der Waals surface area contributed by atoms with Crippen LogP contribution in [-0.2, 0) is 90.5 Å². The minimum absolute atomic E-state index is 0.0326. The number of urea groups is 1. The largest absolute Gasteiger partial charge is 0.481 e. The minimum atomic E-state index is -1.64. The average molecular weight is 1340 g/mol. The summed E-state index contributed by atoms with van der Waals surface area (Å²) < 4.78 is 57.1. The first-order valence-electron chi connectivity index (χ1n) is 30.7. The molecule has 0 spiro atoms. The quantitative estimate of drug-likeness (QED) is 0.0424. The van der Waals surface area contributed by atoms with E-state index in [4.69, 9.17) is 47.4 Å². The number of rotatable bonds is 57. The van der Waals surface area contributed by atoms with Crippen LogP contribution >= 0.6 is 0 Å². The van der Waals surface area contributed by atoms with Gasteiger partial charge in [0, 0.05) is 38.3 Å². The van der Waals surface area contributed by atoms with Crippen LogP contribution in [0.4, 0.5) is 9.59 Å². The fourth-order valence-corrected chi connectivity index (χ4v) is 9.26. The van der Waals surface area contributed by atoms with Gasteiger partial charge in [0.2, 0.25) is 11.8 Å². The first-order chi connectivity index (χ1) is 45.0. The van der Waals surface area contributed by atoms with Crippen molar-refractivity contribution in [1.29, 1.82) is 0 Å². The third-order valence-corrected chi connectivity index (χ3v) is 13.9. The Kier molecular flexibility index (Phi) is 38.8. The lowest BCUT2D eigenvalue weighted by Gasteiger charge is -2.35. The molecule has 526 valence electrons. The summed E-state index contributed by atoms with van der Waals surface area (Å²) in [5.41, 5.74) is -0.484. The summed E-state index contributed by atoms with van der Waals surface area (Å²) in [6.07, 6.45) is -1.57. The summed E-state index contributed by atoms with van der Waals surface area (Å²) in [6, 6.07) is 15.3. The van der Waals surface area contributed by atoms with E-state index >= 15 is 0 Å².